The van der Waals surface area contributed by atoms with Gasteiger partial charge in [0.15, 0.2) is 0 Å². The Hall–Kier alpha value is -2.65. The van der Waals surface area contributed by atoms with Crippen LogP contribution in [-0.2, 0) is 6.18 Å². The number of nitrogens with zero attached hydrogens (tertiary/aromatic N) is 3. The summed E-state index contributed by atoms with van der Waals surface area (Å²) in [5.41, 5.74) is 3.93. The molecule has 0 saturated heterocycles. The molecule has 2 rings (SSSR count). The molecular formula is C11H9F4N5O. The van der Waals surface area contributed by atoms with Crippen LogP contribution in [0.4, 0.5) is 35.1 Å². The highest BCUT2D eigenvalue weighted by molar-refractivity contribution is 5.55. The summed E-state index contributed by atoms with van der Waals surface area (Å²) in [5.74, 6) is -1.68. The number of aromatic nitrogens is 3. The number of benzene rings is 1. The van der Waals surface area contributed by atoms with Gasteiger partial charge in [-0.15, -0.1) is 0 Å². The summed E-state index contributed by atoms with van der Waals surface area (Å²) >= 11 is 0. The Kier molecular flexibility index (Phi) is 3.78. The number of nitrogen functional groups attached to an aromatic ring is 1. The van der Waals surface area contributed by atoms with Gasteiger partial charge in [-0.05, 0) is 18.2 Å². The lowest BCUT2D eigenvalue weighted by Crippen LogP contribution is -2.09. The maximum absolute atomic E-state index is 13.2. The van der Waals surface area contributed by atoms with Crippen LogP contribution in [0.25, 0.3) is 0 Å². The number of anilines is 3. The Labute approximate surface area is 116 Å². The molecule has 1 heterocycles. The highest BCUT2D eigenvalue weighted by Gasteiger charge is 2.34. The molecule has 0 atom stereocenters. The topological polar surface area (TPSA) is 86.0 Å². The standard InChI is InChI=1S/C11H9F4N5O/c1-21-10-19-8(16)18-9(20-10)17-5-2-3-7(12)6(4-5)11(13,14)15/h2-4H,1H3,(H3,16,17,18,19,20). The van der Waals surface area contributed by atoms with Gasteiger partial charge < -0.3 is 15.8 Å². The quantitative estimate of drug-likeness (QED) is 0.847. The first kappa shape index (κ1) is 14.8. The van der Waals surface area contributed by atoms with Gasteiger partial charge in [-0.2, -0.15) is 28.1 Å². The molecule has 3 N–H and O–H groups in total. The van der Waals surface area contributed by atoms with Gasteiger partial charge in [0, 0.05) is 5.69 Å². The van der Waals surface area contributed by atoms with Crippen LogP contribution < -0.4 is 15.8 Å². The Morgan fingerprint density at radius 3 is 2.52 bits per heavy atom. The molecule has 1 aromatic heterocycles. The molecule has 112 valence electrons. The molecule has 0 spiro atoms. The lowest BCUT2D eigenvalue weighted by molar-refractivity contribution is -0.139. The predicted molar refractivity (Wildman–Crippen MR) is 65.5 cm³/mol. The van der Waals surface area contributed by atoms with E-state index >= 15 is 0 Å². The van der Waals surface area contributed by atoms with E-state index in [1.165, 1.54) is 7.11 Å². The van der Waals surface area contributed by atoms with Crippen molar-refractivity contribution in [3.8, 4) is 6.01 Å². The Morgan fingerprint density at radius 1 is 1.19 bits per heavy atom. The molecule has 6 nitrogen and oxygen atoms in total. The monoisotopic (exact) mass is 303 g/mol. The number of methoxy groups -OCH3 is 1. The maximum Gasteiger partial charge on any atom is 0.419 e. The molecule has 0 radical (unpaired) electrons. The predicted octanol–water partition coefficient (Wildman–Crippen LogP) is 2.36. The molecule has 2 aromatic rings. The van der Waals surface area contributed by atoms with Crippen LogP contribution >= 0.6 is 0 Å². The van der Waals surface area contributed by atoms with E-state index in [9.17, 15) is 17.6 Å². The third-order valence-electron chi connectivity index (χ3n) is 2.34. The summed E-state index contributed by atoms with van der Waals surface area (Å²) in [6.07, 6.45) is -4.81. The summed E-state index contributed by atoms with van der Waals surface area (Å²) in [4.78, 5) is 11.1. The van der Waals surface area contributed by atoms with Crippen molar-refractivity contribution in [2.75, 3.05) is 18.2 Å². The highest BCUT2D eigenvalue weighted by Crippen LogP contribution is 2.33. The lowest BCUT2D eigenvalue weighted by atomic mass is 10.2. The van der Waals surface area contributed by atoms with Crippen molar-refractivity contribution in [1.82, 2.24) is 15.0 Å². The van der Waals surface area contributed by atoms with Gasteiger partial charge in [0.1, 0.15) is 5.82 Å². The van der Waals surface area contributed by atoms with Gasteiger partial charge in [-0.3, -0.25) is 0 Å². The number of alkyl halides is 3. The number of rotatable bonds is 3. The summed E-state index contributed by atoms with van der Waals surface area (Å²) in [7, 11) is 1.29. The normalized spacial score (nSPS) is 11.3. The van der Waals surface area contributed by atoms with E-state index in [0.29, 0.717) is 12.1 Å². The van der Waals surface area contributed by atoms with Gasteiger partial charge in [-0.25, -0.2) is 4.39 Å². The summed E-state index contributed by atoms with van der Waals surface area (Å²) in [6.45, 7) is 0. The number of ether oxygens (including phenoxy) is 1. The minimum atomic E-state index is -4.81. The zero-order valence-electron chi connectivity index (χ0n) is 10.6. The smallest absolute Gasteiger partial charge is 0.419 e. The van der Waals surface area contributed by atoms with E-state index in [4.69, 9.17) is 10.5 Å². The highest BCUT2D eigenvalue weighted by atomic mass is 19.4. The van der Waals surface area contributed by atoms with Crippen molar-refractivity contribution >= 4 is 17.6 Å². The van der Waals surface area contributed by atoms with Crippen molar-refractivity contribution in [3.05, 3.63) is 29.6 Å². The zero-order chi connectivity index (χ0) is 15.6. The average Bonchev–Trinajstić information content (AvgIpc) is 2.39. The van der Waals surface area contributed by atoms with Gasteiger partial charge in [-0.1, -0.05) is 0 Å². The molecule has 0 unspecified atom stereocenters. The second-order valence-electron chi connectivity index (χ2n) is 3.82. The largest absolute Gasteiger partial charge is 0.467 e. The Balaban J connectivity index is 2.34. The first-order chi connectivity index (χ1) is 9.79. The molecule has 0 amide bonds. The fourth-order valence-electron chi connectivity index (χ4n) is 1.47. The van der Waals surface area contributed by atoms with Crippen LogP contribution in [-0.4, -0.2) is 22.1 Å². The van der Waals surface area contributed by atoms with Crippen molar-refractivity contribution in [2.45, 2.75) is 6.18 Å². The second-order valence-corrected chi connectivity index (χ2v) is 3.82. The number of nitrogens with one attached hydrogen (secondary N) is 1. The van der Waals surface area contributed by atoms with Crippen molar-refractivity contribution in [1.29, 1.82) is 0 Å². The number of nitrogens with two attached hydrogens (primary N) is 1. The molecule has 0 aliphatic heterocycles. The van der Waals surface area contributed by atoms with E-state index < -0.39 is 17.6 Å². The maximum atomic E-state index is 13.2. The summed E-state index contributed by atoms with van der Waals surface area (Å²) in [5, 5.41) is 2.47. The van der Waals surface area contributed by atoms with E-state index in [-0.39, 0.29) is 23.6 Å². The van der Waals surface area contributed by atoms with Crippen LogP contribution in [0.1, 0.15) is 5.56 Å². The second kappa shape index (κ2) is 5.38. The molecular weight excluding hydrogens is 294 g/mol. The van der Waals surface area contributed by atoms with E-state index in [2.05, 4.69) is 20.3 Å². The molecule has 0 aliphatic carbocycles. The first-order valence-corrected chi connectivity index (χ1v) is 5.49. The molecule has 0 saturated carbocycles. The van der Waals surface area contributed by atoms with E-state index in [0.717, 1.165) is 6.07 Å². The molecule has 0 bridgehead atoms. The lowest BCUT2D eigenvalue weighted by Gasteiger charge is -2.11. The molecule has 0 fully saturated rings. The van der Waals surface area contributed by atoms with Crippen molar-refractivity contribution in [3.63, 3.8) is 0 Å². The molecule has 21 heavy (non-hydrogen) atoms. The van der Waals surface area contributed by atoms with Gasteiger partial charge in [0.05, 0.1) is 12.7 Å². The van der Waals surface area contributed by atoms with Crippen molar-refractivity contribution < 1.29 is 22.3 Å². The third kappa shape index (κ3) is 3.46. The van der Waals surface area contributed by atoms with Crippen molar-refractivity contribution in [2.24, 2.45) is 0 Å². The SMILES string of the molecule is COc1nc(N)nc(Nc2ccc(F)c(C(F)(F)F)c2)n1. The summed E-state index contributed by atoms with van der Waals surface area (Å²) in [6, 6.07) is 2.29. The van der Waals surface area contributed by atoms with Crippen LogP contribution in [0, 0.1) is 5.82 Å². The van der Waals surface area contributed by atoms with Crippen LogP contribution in [0.5, 0.6) is 6.01 Å². The Bertz CT molecular complexity index is 662. The zero-order valence-corrected chi connectivity index (χ0v) is 10.6. The average molecular weight is 303 g/mol. The minimum absolute atomic E-state index is 0.0589. The van der Waals surface area contributed by atoms with Crippen LogP contribution in [0.15, 0.2) is 18.2 Å². The van der Waals surface area contributed by atoms with Gasteiger partial charge in [0.25, 0.3) is 0 Å². The first-order valence-electron chi connectivity index (χ1n) is 5.49. The van der Waals surface area contributed by atoms with E-state index in [1.807, 2.05) is 0 Å². The molecule has 10 heteroatoms. The third-order valence-corrected chi connectivity index (χ3v) is 2.34. The fourth-order valence-corrected chi connectivity index (χ4v) is 1.47. The molecule has 1 aromatic carbocycles. The minimum Gasteiger partial charge on any atom is -0.467 e. The number of halogens is 4. The van der Waals surface area contributed by atoms with Crippen LogP contribution in [0.2, 0.25) is 0 Å². The number of hydrogen-bond donors (Lipinski definition) is 2. The van der Waals surface area contributed by atoms with Gasteiger partial charge >= 0.3 is 12.2 Å². The fraction of sp³-hybridized carbons (Fsp3) is 0.182. The molecule has 0 aliphatic rings. The summed E-state index contributed by atoms with van der Waals surface area (Å²) < 4.78 is 55.7. The van der Waals surface area contributed by atoms with Crippen LogP contribution in [0.3, 0.4) is 0 Å². The van der Waals surface area contributed by atoms with E-state index in [1.54, 1.807) is 0 Å². The number of hydrogen-bond acceptors (Lipinski definition) is 6. The Morgan fingerprint density at radius 2 is 1.90 bits per heavy atom. The van der Waals surface area contributed by atoms with Gasteiger partial charge in [0.2, 0.25) is 11.9 Å².